The fraction of sp³-hybridized carbons (Fsp3) is 1.00. The van der Waals surface area contributed by atoms with Gasteiger partial charge in [-0.2, -0.15) is 0 Å². The van der Waals surface area contributed by atoms with Crippen LogP contribution in [0.5, 0.6) is 0 Å². The van der Waals surface area contributed by atoms with Crippen molar-refractivity contribution in [2.75, 3.05) is 6.61 Å². The Balaban J connectivity index is 2.19. The largest absolute Gasteiger partial charge is 0.347 e. The normalized spacial score (nSPS) is 42.4. The minimum Gasteiger partial charge on any atom is -0.347 e. The quantitative estimate of drug-likeness (QED) is 0.613. The van der Waals surface area contributed by atoms with E-state index in [4.69, 9.17) is 9.47 Å². The van der Waals surface area contributed by atoms with Gasteiger partial charge < -0.3 is 9.47 Å². The Kier molecular flexibility index (Phi) is 2.85. The highest BCUT2D eigenvalue weighted by Crippen LogP contribution is 2.49. The van der Waals surface area contributed by atoms with Crippen molar-refractivity contribution in [2.24, 2.45) is 11.3 Å². The fourth-order valence-electron chi connectivity index (χ4n) is 3.19. The zero-order valence-corrected chi connectivity index (χ0v) is 10.5. The zero-order valence-electron chi connectivity index (χ0n) is 10.5. The van der Waals surface area contributed by atoms with Crippen molar-refractivity contribution in [1.29, 1.82) is 0 Å². The summed E-state index contributed by atoms with van der Waals surface area (Å²) in [6.45, 7) is 9.80. The molecule has 1 heterocycles. The summed E-state index contributed by atoms with van der Waals surface area (Å²) in [6.07, 6.45) is 5.17. The third-order valence-electron chi connectivity index (χ3n) is 3.81. The summed E-state index contributed by atoms with van der Waals surface area (Å²) in [5, 5.41) is 0. The lowest BCUT2D eigenvalue weighted by Gasteiger charge is -2.46. The second-order valence-corrected chi connectivity index (χ2v) is 6.22. The molecule has 2 aliphatic rings. The molecule has 2 fully saturated rings. The van der Waals surface area contributed by atoms with Gasteiger partial charge in [-0.3, -0.25) is 0 Å². The van der Waals surface area contributed by atoms with Crippen LogP contribution in [-0.4, -0.2) is 18.5 Å². The third kappa shape index (κ3) is 2.07. The molecule has 0 aromatic carbocycles. The summed E-state index contributed by atoms with van der Waals surface area (Å²) in [4.78, 5) is 0. The van der Waals surface area contributed by atoms with Crippen LogP contribution < -0.4 is 0 Å². The first kappa shape index (κ1) is 11.4. The minimum atomic E-state index is -0.254. The molecule has 1 saturated carbocycles. The van der Waals surface area contributed by atoms with Gasteiger partial charge in [0.05, 0.1) is 12.7 Å². The predicted molar refractivity (Wildman–Crippen MR) is 60.6 cm³/mol. The molecule has 2 heteroatoms. The second-order valence-electron chi connectivity index (χ2n) is 6.22. The maximum Gasteiger partial charge on any atom is 0.172 e. The topological polar surface area (TPSA) is 18.5 Å². The molecule has 2 nitrogen and oxygen atoms in total. The molecule has 0 amide bonds. The molecule has 1 aliphatic heterocycles. The standard InChI is InChI=1S/C13H24O2/c1-10-9-14-13(15-10)8-6-5-7-11(13)12(2,3)4/h10-11H,5-9H2,1-4H3. The summed E-state index contributed by atoms with van der Waals surface area (Å²) in [5.74, 6) is 0.291. The van der Waals surface area contributed by atoms with Gasteiger partial charge in [0.25, 0.3) is 0 Å². The van der Waals surface area contributed by atoms with Crippen molar-refractivity contribution in [3.63, 3.8) is 0 Å². The summed E-state index contributed by atoms with van der Waals surface area (Å²) in [7, 11) is 0. The van der Waals surface area contributed by atoms with Gasteiger partial charge in [-0.1, -0.05) is 27.2 Å². The SMILES string of the molecule is CC1COC2(CCCCC2C(C)(C)C)O1. The van der Waals surface area contributed by atoms with Crippen LogP contribution in [0.25, 0.3) is 0 Å². The first-order valence-corrected chi connectivity index (χ1v) is 6.26. The molecule has 3 unspecified atom stereocenters. The summed E-state index contributed by atoms with van der Waals surface area (Å²) in [5.41, 5.74) is 0.282. The number of rotatable bonds is 0. The van der Waals surface area contributed by atoms with Crippen molar-refractivity contribution in [3.8, 4) is 0 Å². The molecule has 0 aromatic heterocycles. The highest BCUT2D eigenvalue weighted by molar-refractivity contribution is 4.93. The molecule has 1 spiro atoms. The molecule has 0 aromatic rings. The van der Waals surface area contributed by atoms with Crippen molar-refractivity contribution in [2.45, 2.75) is 65.3 Å². The Morgan fingerprint density at radius 2 is 1.93 bits per heavy atom. The Bertz CT molecular complexity index is 227. The molecule has 3 atom stereocenters. The van der Waals surface area contributed by atoms with E-state index in [1.165, 1.54) is 19.3 Å². The van der Waals surface area contributed by atoms with Crippen molar-refractivity contribution < 1.29 is 9.47 Å². The first-order chi connectivity index (χ1) is 6.94. The molecular formula is C13H24O2. The van der Waals surface area contributed by atoms with Gasteiger partial charge in [-0.05, 0) is 25.2 Å². The van der Waals surface area contributed by atoms with E-state index in [2.05, 4.69) is 27.7 Å². The molecule has 1 saturated heterocycles. The third-order valence-corrected chi connectivity index (χ3v) is 3.81. The molecule has 0 radical (unpaired) electrons. The number of ether oxygens (including phenoxy) is 2. The van der Waals surface area contributed by atoms with E-state index in [0.717, 1.165) is 13.0 Å². The van der Waals surface area contributed by atoms with E-state index in [-0.39, 0.29) is 17.3 Å². The van der Waals surface area contributed by atoms with Gasteiger partial charge in [-0.15, -0.1) is 0 Å². The molecule has 15 heavy (non-hydrogen) atoms. The average Bonchev–Trinajstić information content (AvgIpc) is 2.47. The molecule has 88 valence electrons. The van der Waals surface area contributed by atoms with Crippen LogP contribution >= 0.6 is 0 Å². The van der Waals surface area contributed by atoms with Gasteiger partial charge in [0.1, 0.15) is 0 Å². The lowest BCUT2D eigenvalue weighted by atomic mass is 9.68. The molecule has 0 bridgehead atoms. The smallest absolute Gasteiger partial charge is 0.172 e. The van der Waals surface area contributed by atoms with Crippen LogP contribution in [-0.2, 0) is 9.47 Å². The Morgan fingerprint density at radius 3 is 2.47 bits per heavy atom. The van der Waals surface area contributed by atoms with Crippen LogP contribution in [0.1, 0.15) is 53.4 Å². The van der Waals surface area contributed by atoms with E-state index in [1.807, 2.05) is 0 Å². The van der Waals surface area contributed by atoms with Crippen molar-refractivity contribution in [3.05, 3.63) is 0 Å². The van der Waals surface area contributed by atoms with E-state index in [9.17, 15) is 0 Å². The van der Waals surface area contributed by atoms with Gasteiger partial charge in [0.15, 0.2) is 5.79 Å². The Morgan fingerprint density at radius 1 is 1.20 bits per heavy atom. The Hall–Kier alpha value is -0.0800. The monoisotopic (exact) mass is 212 g/mol. The summed E-state index contributed by atoms with van der Waals surface area (Å²) >= 11 is 0. The zero-order chi connectivity index (χ0) is 11.1. The van der Waals surface area contributed by atoms with Crippen LogP contribution in [0, 0.1) is 11.3 Å². The fourth-order valence-corrected chi connectivity index (χ4v) is 3.19. The van der Waals surface area contributed by atoms with Gasteiger partial charge in [0, 0.05) is 12.3 Å². The van der Waals surface area contributed by atoms with E-state index >= 15 is 0 Å². The molecule has 2 rings (SSSR count). The number of hydrogen-bond acceptors (Lipinski definition) is 2. The Labute approximate surface area is 93.3 Å². The summed E-state index contributed by atoms with van der Waals surface area (Å²) in [6, 6.07) is 0. The van der Waals surface area contributed by atoms with E-state index in [1.54, 1.807) is 0 Å². The highest BCUT2D eigenvalue weighted by atomic mass is 16.7. The van der Waals surface area contributed by atoms with Crippen LogP contribution in [0.3, 0.4) is 0 Å². The second kappa shape index (κ2) is 3.74. The molecular weight excluding hydrogens is 188 g/mol. The number of hydrogen-bond donors (Lipinski definition) is 0. The van der Waals surface area contributed by atoms with Gasteiger partial charge >= 0.3 is 0 Å². The van der Waals surface area contributed by atoms with Crippen molar-refractivity contribution >= 4 is 0 Å². The van der Waals surface area contributed by atoms with Gasteiger partial charge in [-0.25, -0.2) is 0 Å². The lowest BCUT2D eigenvalue weighted by Crippen LogP contribution is -2.48. The minimum absolute atomic E-state index is 0.254. The highest BCUT2D eigenvalue weighted by Gasteiger charge is 2.51. The average molecular weight is 212 g/mol. The molecule has 1 aliphatic carbocycles. The van der Waals surface area contributed by atoms with Crippen LogP contribution in [0.15, 0.2) is 0 Å². The first-order valence-electron chi connectivity index (χ1n) is 6.26. The van der Waals surface area contributed by atoms with Crippen LogP contribution in [0.2, 0.25) is 0 Å². The lowest BCUT2D eigenvalue weighted by molar-refractivity contribution is -0.240. The maximum atomic E-state index is 6.11. The van der Waals surface area contributed by atoms with E-state index in [0.29, 0.717) is 5.92 Å². The predicted octanol–water partition coefficient (Wildman–Crippen LogP) is 3.35. The summed E-state index contributed by atoms with van der Waals surface area (Å²) < 4.78 is 12.1. The van der Waals surface area contributed by atoms with Crippen molar-refractivity contribution in [1.82, 2.24) is 0 Å². The maximum absolute atomic E-state index is 6.11. The van der Waals surface area contributed by atoms with Gasteiger partial charge in [0.2, 0.25) is 0 Å². The van der Waals surface area contributed by atoms with E-state index < -0.39 is 0 Å². The molecule has 0 N–H and O–H groups in total. The van der Waals surface area contributed by atoms with Crippen LogP contribution in [0.4, 0.5) is 0 Å².